The molecule has 1 heterocycles. The zero-order valence-corrected chi connectivity index (χ0v) is 16.3. The van der Waals surface area contributed by atoms with Crippen molar-refractivity contribution in [1.29, 1.82) is 0 Å². The van der Waals surface area contributed by atoms with Crippen molar-refractivity contribution in [1.82, 2.24) is 9.91 Å². The van der Waals surface area contributed by atoms with Crippen LogP contribution in [0.5, 0.6) is 11.5 Å². The molecule has 3 rings (SSSR count). The van der Waals surface area contributed by atoms with Crippen molar-refractivity contribution >= 4 is 6.03 Å². The largest absolute Gasteiger partial charge is 0.497 e. The Kier molecular flexibility index (Phi) is 6.73. The number of carbonyl (C=O) groups is 1. The Morgan fingerprint density at radius 3 is 2.32 bits per heavy atom. The molecule has 7 heteroatoms. The van der Waals surface area contributed by atoms with Crippen LogP contribution in [-0.2, 0) is 11.2 Å². The number of hydrazine groups is 1. The molecule has 0 saturated carbocycles. The fraction of sp³-hybridized carbons (Fsp3) is 0.381. The van der Waals surface area contributed by atoms with Crippen molar-refractivity contribution in [2.24, 2.45) is 5.84 Å². The first kappa shape index (κ1) is 20.0. The van der Waals surface area contributed by atoms with Gasteiger partial charge in [0, 0.05) is 13.7 Å². The molecule has 7 nitrogen and oxygen atoms in total. The second-order valence-electron chi connectivity index (χ2n) is 6.65. The quantitative estimate of drug-likeness (QED) is 0.408. The lowest BCUT2D eigenvalue weighted by Crippen LogP contribution is -2.37. The van der Waals surface area contributed by atoms with E-state index in [0.29, 0.717) is 26.3 Å². The molecule has 0 spiro atoms. The number of ether oxygens (including phenoxy) is 3. The number of rotatable bonds is 9. The van der Waals surface area contributed by atoms with Gasteiger partial charge in [-0.2, -0.15) is 0 Å². The summed E-state index contributed by atoms with van der Waals surface area (Å²) >= 11 is 0. The van der Waals surface area contributed by atoms with E-state index in [1.54, 1.807) is 14.2 Å². The Bertz CT molecular complexity index is 764. The third-order valence-corrected chi connectivity index (χ3v) is 4.86. The third kappa shape index (κ3) is 4.74. The minimum Gasteiger partial charge on any atom is -0.497 e. The number of hydrogen-bond acceptors (Lipinski definition) is 5. The molecule has 0 aromatic heterocycles. The summed E-state index contributed by atoms with van der Waals surface area (Å²) in [7, 11) is 3.29. The summed E-state index contributed by atoms with van der Waals surface area (Å²) in [6.45, 7) is 2.10. The van der Waals surface area contributed by atoms with E-state index in [0.717, 1.165) is 29.0 Å². The molecule has 150 valence electrons. The maximum Gasteiger partial charge on any atom is 0.334 e. The zero-order chi connectivity index (χ0) is 19.9. The van der Waals surface area contributed by atoms with Crippen LogP contribution in [0.2, 0.25) is 0 Å². The summed E-state index contributed by atoms with van der Waals surface area (Å²) in [5.41, 5.74) is 2.18. The fourth-order valence-corrected chi connectivity index (χ4v) is 3.27. The summed E-state index contributed by atoms with van der Waals surface area (Å²) in [5, 5.41) is 1.28. The fourth-order valence-electron chi connectivity index (χ4n) is 3.27. The average Bonchev–Trinajstić information content (AvgIpc) is 3.01. The Morgan fingerprint density at radius 1 is 1.00 bits per heavy atom. The van der Waals surface area contributed by atoms with E-state index in [-0.39, 0.29) is 12.1 Å². The van der Waals surface area contributed by atoms with Crippen LogP contribution in [0.3, 0.4) is 0 Å². The Labute approximate surface area is 165 Å². The van der Waals surface area contributed by atoms with Gasteiger partial charge in [-0.15, -0.1) is 0 Å². The summed E-state index contributed by atoms with van der Waals surface area (Å²) in [4.78, 5) is 14.3. The smallest absolute Gasteiger partial charge is 0.334 e. The highest BCUT2D eigenvalue weighted by molar-refractivity contribution is 5.77. The number of urea groups is 1. The van der Waals surface area contributed by atoms with Gasteiger partial charge in [-0.1, -0.05) is 24.3 Å². The van der Waals surface area contributed by atoms with Crippen LogP contribution < -0.4 is 15.3 Å². The van der Waals surface area contributed by atoms with Gasteiger partial charge in [0.25, 0.3) is 0 Å². The number of carbonyl (C=O) groups excluding carboxylic acids is 1. The van der Waals surface area contributed by atoms with Gasteiger partial charge in [0.1, 0.15) is 18.1 Å². The molecule has 0 bridgehead atoms. The molecule has 0 aliphatic carbocycles. The first-order chi connectivity index (χ1) is 13.6. The van der Waals surface area contributed by atoms with Gasteiger partial charge in [-0.05, 0) is 41.8 Å². The highest BCUT2D eigenvalue weighted by Gasteiger charge is 2.36. The summed E-state index contributed by atoms with van der Waals surface area (Å²) in [6, 6.07) is 15.4. The molecule has 1 aliphatic rings. The van der Waals surface area contributed by atoms with E-state index in [4.69, 9.17) is 20.1 Å². The van der Waals surface area contributed by atoms with Crippen LogP contribution in [0.15, 0.2) is 48.5 Å². The van der Waals surface area contributed by atoms with Crippen molar-refractivity contribution in [3.05, 3.63) is 59.7 Å². The molecule has 2 aromatic carbocycles. The molecule has 2 amide bonds. The lowest BCUT2D eigenvalue weighted by molar-refractivity contribution is 0.146. The van der Waals surface area contributed by atoms with Crippen molar-refractivity contribution in [2.75, 3.05) is 40.5 Å². The van der Waals surface area contributed by atoms with Gasteiger partial charge >= 0.3 is 6.03 Å². The van der Waals surface area contributed by atoms with Gasteiger partial charge in [0.2, 0.25) is 0 Å². The number of nitrogens with zero attached hydrogens (tertiary/aromatic N) is 2. The number of methoxy groups -OCH3 is 2. The third-order valence-electron chi connectivity index (χ3n) is 4.86. The van der Waals surface area contributed by atoms with E-state index in [2.05, 4.69) is 0 Å². The van der Waals surface area contributed by atoms with Gasteiger partial charge in [0.15, 0.2) is 0 Å². The highest BCUT2D eigenvalue weighted by atomic mass is 16.5. The van der Waals surface area contributed by atoms with Gasteiger partial charge in [-0.3, -0.25) is 5.01 Å². The second kappa shape index (κ2) is 9.43. The average molecular weight is 385 g/mol. The first-order valence-electron chi connectivity index (χ1n) is 9.30. The minimum atomic E-state index is -0.154. The van der Waals surface area contributed by atoms with Crippen LogP contribution in [0.4, 0.5) is 4.79 Å². The van der Waals surface area contributed by atoms with Crippen molar-refractivity contribution < 1.29 is 19.0 Å². The molecule has 0 radical (unpaired) electrons. The lowest BCUT2D eigenvalue weighted by atomic mass is 10.1. The van der Waals surface area contributed by atoms with Crippen molar-refractivity contribution in [3.8, 4) is 11.5 Å². The minimum absolute atomic E-state index is 0.0798. The van der Waals surface area contributed by atoms with E-state index < -0.39 is 0 Å². The summed E-state index contributed by atoms with van der Waals surface area (Å²) in [5.74, 6) is 7.50. The van der Waals surface area contributed by atoms with Crippen molar-refractivity contribution in [2.45, 2.75) is 12.5 Å². The molecule has 2 N–H and O–H groups in total. The zero-order valence-electron chi connectivity index (χ0n) is 16.3. The second-order valence-corrected chi connectivity index (χ2v) is 6.65. The number of amides is 2. The van der Waals surface area contributed by atoms with Crippen LogP contribution in [0.1, 0.15) is 17.2 Å². The molecule has 1 saturated heterocycles. The lowest BCUT2D eigenvalue weighted by Gasteiger charge is -2.23. The van der Waals surface area contributed by atoms with Crippen molar-refractivity contribution in [3.63, 3.8) is 0 Å². The molecular weight excluding hydrogens is 358 g/mol. The van der Waals surface area contributed by atoms with Crippen LogP contribution in [0, 0.1) is 0 Å². The first-order valence-corrected chi connectivity index (χ1v) is 9.30. The van der Waals surface area contributed by atoms with Crippen LogP contribution >= 0.6 is 0 Å². The summed E-state index contributed by atoms with van der Waals surface area (Å²) < 4.78 is 15.8. The predicted molar refractivity (Wildman–Crippen MR) is 106 cm³/mol. The van der Waals surface area contributed by atoms with E-state index in [1.807, 2.05) is 53.4 Å². The Balaban J connectivity index is 1.65. The SMILES string of the molecule is COCCOc1ccc(C2CN(N)C(=O)N2CCc2ccc(OC)cc2)cc1. The Morgan fingerprint density at radius 2 is 1.68 bits per heavy atom. The highest BCUT2D eigenvalue weighted by Crippen LogP contribution is 2.29. The van der Waals surface area contributed by atoms with E-state index in [1.165, 1.54) is 5.01 Å². The number of hydrogen-bond donors (Lipinski definition) is 1. The number of nitrogens with two attached hydrogens (primary N) is 1. The molecule has 1 fully saturated rings. The summed E-state index contributed by atoms with van der Waals surface area (Å²) in [6.07, 6.45) is 0.748. The molecule has 1 aliphatic heterocycles. The van der Waals surface area contributed by atoms with Crippen LogP contribution in [0.25, 0.3) is 0 Å². The predicted octanol–water partition coefficient (Wildman–Crippen LogP) is 2.62. The normalized spacial score (nSPS) is 16.5. The topological polar surface area (TPSA) is 77.3 Å². The molecule has 2 aromatic rings. The Hall–Kier alpha value is -2.77. The van der Waals surface area contributed by atoms with Gasteiger partial charge < -0.3 is 19.1 Å². The molecular formula is C21H27N3O4. The molecule has 1 unspecified atom stereocenters. The van der Waals surface area contributed by atoms with Gasteiger partial charge in [-0.25, -0.2) is 10.6 Å². The molecule has 1 atom stereocenters. The number of benzene rings is 2. The van der Waals surface area contributed by atoms with Gasteiger partial charge in [0.05, 0.1) is 26.3 Å². The maximum atomic E-state index is 12.5. The van der Waals surface area contributed by atoms with E-state index >= 15 is 0 Å². The van der Waals surface area contributed by atoms with E-state index in [9.17, 15) is 4.79 Å². The monoisotopic (exact) mass is 385 g/mol. The maximum absolute atomic E-state index is 12.5. The molecule has 28 heavy (non-hydrogen) atoms. The van der Waals surface area contributed by atoms with Crippen LogP contribution in [-0.4, -0.2) is 56.5 Å². The standard InChI is InChI=1S/C21H27N3O4/c1-26-13-14-28-19-9-5-17(6-10-19)20-15-24(22)21(25)23(20)12-11-16-3-7-18(27-2)8-4-16/h3-10,20H,11-15,22H2,1-2H3.